The van der Waals surface area contributed by atoms with E-state index in [0.29, 0.717) is 33.1 Å². The van der Waals surface area contributed by atoms with Crippen LogP contribution in [-0.2, 0) is 0 Å². The lowest BCUT2D eigenvalue weighted by Gasteiger charge is -2.24. The summed E-state index contributed by atoms with van der Waals surface area (Å²) in [6.45, 7) is 1.84. The number of ether oxygens (including phenoxy) is 1. The van der Waals surface area contributed by atoms with E-state index in [1.165, 1.54) is 4.90 Å². The molecule has 1 aliphatic rings. The van der Waals surface area contributed by atoms with Gasteiger partial charge in [-0.1, -0.05) is 29.8 Å². The van der Waals surface area contributed by atoms with Crippen LogP contribution < -0.4 is 15.1 Å². The van der Waals surface area contributed by atoms with Crippen LogP contribution in [0.2, 0.25) is 5.02 Å². The molecule has 0 fully saturated rings. The van der Waals surface area contributed by atoms with Crippen LogP contribution in [0.1, 0.15) is 33.4 Å². The van der Waals surface area contributed by atoms with Crippen LogP contribution >= 0.6 is 11.6 Å². The zero-order valence-electron chi connectivity index (χ0n) is 16.8. The first-order chi connectivity index (χ1) is 15.0. The van der Waals surface area contributed by atoms with Crippen molar-refractivity contribution in [1.82, 2.24) is 4.98 Å². The third-order valence-corrected chi connectivity index (χ3v) is 5.60. The number of hydrogen-bond donors (Lipinski definition) is 0. The van der Waals surface area contributed by atoms with Gasteiger partial charge in [-0.15, -0.1) is 0 Å². The fourth-order valence-corrected chi connectivity index (χ4v) is 4.14. The minimum atomic E-state index is -0.716. The SMILES string of the molecule is COc1cccc([C@H]2c3c(oc4ccc(Cl)cc4c3=O)C(=O)N2c2cccc(C)n2)c1. The number of halogens is 1. The number of aryl methyl sites for hydroxylation is 1. The molecule has 6 nitrogen and oxygen atoms in total. The highest BCUT2D eigenvalue weighted by atomic mass is 35.5. The zero-order valence-corrected chi connectivity index (χ0v) is 17.5. The van der Waals surface area contributed by atoms with Crippen molar-refractivity contribution in [3.63, 3.8) is 0 Å². The van der Waals surface area contributed by atoms with Crippen LogP contribution in [0.15, 0.2) is 69.9 Å². The third kappa shape index (κ3) is 3.07. The number of benzene rings is 2. The van der Waals surface area contributed by atoms with E-state index in [2.05, 4.69) is 4.98 Å². The first-order valence-electron chi connectivity index (χ1n) is 9.65. The first-order valence-corrected chi connectivity index (χ1v) is 10.0. The van der Waals surface area contributed by atoms with Gasteiger partial charge in [0.05, 0.1) is 24.1 Å². The Balaban J connectivity index is 1.83. The number of rotatable bonds is 3. The van der Waals surface area contributed by atoms with Crippen molar-refractivity contribution in [2.45, 2.75) is 13.0 Å². The Bertz CT molecular complexity index is 1410. The third-order valence-electron chi connectivity index (χ3n) is 5.36. The van der Waals surface area contributed by atoms with E-state index in [-0.39, 0.29) is 16.8 Å². The molecular weight excluding hydrogens is 416 g/mol. The Kier molecular flexibility index (Phi) is 4.52. The van der Waals surface area contributed by atoms with E-state index < -0.39 is 11.9 Å². The maximum absolute atomic E-state index is 13.6. The van der Waals surface area contributed by atoms with Gasteiger partial charge >= 0.3 is 0 Å². The largest absolute Gasteiger partial charge is 0.497 e. The number of anilines is 1. The minimum Gasteiger partial charge on any atom is -0.497 e. The van der Waals surface area contributed by atoms with Crippen LogP contribution in [0, 0.1) is 6.92 Å². The molecule has 4 aromatic rings. The maximum atomic E-state index is 13.6. The lowest BCUT2D eigenvalue weighted by atomic mass is 9.98. The van der Waals surface area contributed by atoms with Crippen LogP contribution in [0.5, 0.6) is 5.75 Å². The van der Waals surface area contributed by atoms with E-state index in [0.717, 1.165) is 5.69 Å². The van der Waals surface area contributed by atoms with Crippen molar-refractivity contribution < 1.29 is 13.9 Å². The number of nitrogens with zero attached hydrogens (tertiary/aromatic N) is 2. The van der Waals surface area contributed by atoms with Crippen molar-refractivity contribution >= 4 is 34.3 Å². The monoisotopic (exact) mass is 432 g/mol. The highest BCUT2D eigenvalue weighted by molar-refractivity contribution is 6.31. The van der Waals surface area contributed by atoms with Gasteiger partial charge in [-0.2, -0.15) is 0 Å². The van der Waals surface area contributed by atoms with Crippen molar-refractivity contribution in [3.8, 4) is 5.75 Å². The number of methoxy groups -OCH3 is 1. The van der Waals surface area contributed by atoms with Gasteiger partial charge in [-0.05, 0) is 55.0 Å². The topological polar surface area (TPSA) is 72.6 Å². The number of hydrogen-bond acceptors (Lipinski definition) is 5. The molecule has 0 spiro atoms. The van der Waals surface area contributed by atoms with Crippen molar-refractivity contribution in [1.29, 1.82) is 0 Å². The Morgan fingerprint density at radius 2 is 1.87 bits per heavy atom. The number of carbonyl (C=O) groups is 1. The Morgan fingerprint density at radius 1 is 1.06 bits per heavy atom. The highest BCUT2D eigenvalue weighted by Crippen LogP contribution is 2.41. The Labute approximate surface area is 182 Å². The second-order valence-corrected chi connectivity index (χ2v) is 7.74. The number of carbonyl (C=O) groups excluding carboxylic acids is 1. The van der Waals surface area contributed by atoms with Crippen molar-refractivity contribution in [3.05, 3.63) is 98.5 Å². The summed E-state index contributed by atoms with van der Waals surface area (Å²) >= 11 is 6.12. The Morgan fingerprint density at radius 3 is 2.65 bits per heavy atom. The molecule has 1 aliphatic heterocycles. The zero-order chi connectivity index (χ0) is 21.7. The van der Waals surface area contributed by atoms with Gasteiger partial charge in [0.15, 0.2) is 5.43 Å². The number of pyridine rings is 1. The second-order valence-electron chi connectivity index (χ2n) is 7.31. The molecule has 0 bridgehead atoms. The molecule has 1 atom stereocenters. The average molecular weight is 433 g/mol. The summed E-state index contributed by atoms with van der Waals surface area (Å²) in [4.78, 5) is 33.1. The lowest BCUT2D eigenvalue weighted by molar-refractivity contribution is 0.0970. The van der Waals surface area contributed by atoms with Crippen LogP contribution in [0.4, 0.5) is 5.82 Å². The predicted molar refractivity (Wildman–Crippen MR) is 118 cm³/mol. The molecule has 31 heavy (non-hydrogen) atoms. The fraction of sp³-hybridized carbons (Fsp3) is 0.125. The molecule has 0 saturated heterocycles. The summed E-state index contributed by atoms with van der Waals surface area (Å²) in [6, 6.07) is 16.7. The number of amides is 1. The second kappa shape index (κ2) is 7.25. The summed E-state index contributed by atoms with van der Waals surface area (Å²) in [6.07, 6.45) is 0. The van der Waals surface area contributed by atoms with Crippen molar-refractivity contribution in [2.24, 2.45) is 0 Å². The standard InChI is InChI=1S/C24H17ClN2O4/c1-13-5-3-8-19(26-13)27-21(14-6-4-7-16(11-14)30-2)20-22(28)17-12-15(25)9-10-18(17)31-23(20)24(27)29/h3-12,21H,1-2H3/t21-/m0/s1. The highest BCUT2D eigenvalue weighted by Gasteiger charge is 2.44. The molecule has 3 heterocycles. The molecular formula is C24H17ClN2O4. The Hall–Kier alpha value is -3.64. The fourth-order valence-electron chi connectivity index (χ4n) is 3.97. The minimum absolute atomic E-state index is 0.0101. The number of aromatic nitrogens is 1. The van der Waals surface area contributed by atoms with Gasteiger partial charge in [0.1, 0.15) is 17.2 Å². The molecule has 2 aromatic heterocycles. The number of fused-ring (bicyclic) bond motifs is 2. The molecule has 0 radical (unpaired) electrons. The summed E-state index contributed by atoms with van der Waals surface area (Å²) in [5.41, 5.74) is 1.74. The van der Waals surface area contributed by atoms with E-state index >= 15 is 0 Å². The molecule has 0 unspecified atom stereocenters. The van der Waals surface area contributed by atoms with Gasteiger partial charge in [0.25, 0.3) is 5.91 Å². The van der Waals surface area contributed by atoms with Crippen LogP contribution in [-0.4, -0.2) is 18.0 Å². The van der Waals surface area contributed by atoms with Crippen LogP contribution in [0.25, 0.3) is 11.0 Å². The predicted octanol–water partition coefficient (Wildman–Crippen LogP) is 4.91. The molecule has 0 aliphatic carbocycles. The summed E-state index contributed by atoms with van der Waals surface area (Å²) in [5.74, 6) is 0.639. The molecule has 5 rings (SSSR count). The molecule has 154 valence electrons. The summed E-state index contributed by atoms with van der Waals surface area (Å²) < 4.78 is 11.3. The molecule has 7 heteroatoms. The normalized spacial score (nSPS) is 15.4. The van der Waals surface area contributed by atoms with E-state index in [1.807, 2.05) is 31.2 Å². The molecule has 1 amide bonds. The summed E-state index contributed by atoms with van der Waals surface area (Å²) in [5, 5.41) is 0.741. The average Bonchev–Trinajstić information content (AvgIpc) is 3.07. The van der Waals surface area contributed by atoms with Gasteiger partial charge in [-0.25, -0.2) is 4.98 Å². The molecule has 2 aromatic carbocycles. The van der Waals surface area contributed by atoms with E-state index in [9.17, 15) is 9.59 Å². The van der Waals surface area contributed by atoms with Gasteiger partial charge in [-0.3, -0.25) is 14.5 Å². The van der Waals surface area contributed by atoms with E-state index in [1.54, 1.807) is 43.5 Å². The maximum Gasteiger partial charge on any atom is 0.296 e. The quantitative estimate of drug-likeness (QED) is 0.460. The summed E-state index contributed by atoms with van der Waals surface area (Å²) in [7, 11) is 1.57. The van der Waals surface area contributed by atoms with Gasteiger partial charge < -0.3 is 9.15 Å². The molecule has 0 saturated carbocycles. The first kappa shape index (κ1) is 19.3. The van der Waals surface area contributed by atoms with Crippen molar-refractivity contribution in [2.75, 3.05) is 12.0 Å². The molecule has 0 N–H and O–H groups in total. The van der Waals surface area contributed by atoms with E-state index in [4.69, 9.17) is 20.8 Å². The smallest absolute Gasteiger partial charge is 0.296 e. The van der Waals surface area contributed by atoms with Gasteiger partial charge in [0.2, 0.25) is 5.76 Å². The van der Waals surface area contributed by atoms with Gasteiger partial charge in [0, 0.05) is 10.7 Å². The lowest BCUT2D eigenvalue weighted by Crippen LogP contribution is -2.30. The van der Waals surface area contributed by atoms with Crippen LogP contribution in [0.3, 0.4) is 0 Å².